The third-order valence-electron chi connectivity index (χ3n) is 4.28. The van der Waals surface area contributed by atoms with Gasteiger partial charge >= 0.3 is 0 Å². The molecular weight excluding hydrogens is 501 g/mol. The number of aromatic nitrogens is 2. The van der Waals surface area contributed by atoms with E-state index in [1.54, 1.807) is 66.3 Å². The minimum absolute atomic E-state index is 0.116. The van der Waals surface area contributed by atoms with Gasteiger partial charge in [0, 0.05) is 7.05 Å². The zero-order chi connectivity index (χ0) is 24.5. The number of ether oxygens (including phenoxy) is 3. The summed E-state index contributed by atoms with van der Waals surface area (Å²) < 4.78 is 19.2. The van der Waals surface area contributed by atoms with Crippen LogP contribution in [-0.4, -0.2) is 29.2 Å². The molecule has 0 amide bonds. The van der Waals surface area contributed by atoms with Crippen molar-refractivity contribution in [3.8, 4) is 28.9 Å². The first-order valence-corrected chi connectivity index (χ1v) is 11.2. The molecule has 0 spiro atoms. The highest BCUT2D eigenvalue weighted by Gasteiger charge is 2.14. The summed E-state index contributed by atoms with van der Waals surface area (Å²) in [7, 11) is 1.78. The van der Waals surface area contributed by atoms with E-state index in [0.29, 0.717) is 39.5 Å². The number of aryl methyl sites for hydroxylation is 2. The Labute approximate surface area is 212 Å². The van der Waals surface area contributed by atoms with Gasteiger partial charge in [-0.1, -0.05) is 46.5 Å². The zero-order valence-electron chi connectivity index (χ0n) is 18.5. The molecule has 2 aromatic carbocycles. The Balaban J connectivity index is 1.62. The van der Waals surface area contributed by atoms with Crippen molar-refractivity contribution in [2.45, 2.75) is 6.92 Å². The molecular formula is C24H22Cl3N3O4. The van der Waals surface area contributed by atoms with Crippen LogP contribution in [0.15, 0.2) is 75.9 Å². The molecule has 1 aromatic heterocycles. The van der Waals surface area contributed by atoms with Crippen molar-refractivity contribution in [1.29, 1.82) is 0 Å². The van der Waals surface area contributed by atoms with Gasteiger partial charge in [-0.05, 0) is 61.5 Å². The summed E-state index contributed by atoms with van der Waals surface area (Å²) in [5.41, 5.74) is 1.43. The molecule has 0 bridgehead atoms. The van der Waals surface area contributed by atoms with Gasteiger partial charge in [-0.3, -0.25) is 0 Å². The number of hydrogen-bond donors (Lipinski definition) is 0. The molecule has 178 valence electrons. The van der Waals surface area contributed by atoms with Crippen LogP contribution in [0.5, 0.6) is 28.9 Å². The molecule has 0 N–H and O–H groups in total. The quantitative estimate of drug-likeness (QED) is 0.198. The van der Waals surface area contributed by atoms with E-state index >= 15 is 0 Å². The SMILES string of the molecule is C=C(Cl)CON=Cc1c(C)nn(C)c1Oc1ccc(Oc2ccc(OCC=C(Cl)Cl)cc2)cc1. The van der Waals surface area contributed by atoms with E-state index in [1.807, 2.05) is 6.92 Å². The van der Waals surface area contributed by atoms with Gasteiger partial charge in [0.2, 0.25) is 5.88 Å². The fourth-order valence-corrected chi connectivity index (χ4v) is 2.92. The van der Waals surface area contributed by atoms with Crippen LogP contribution in [0.25, 0.3) is 0 Å². The molecule has 0 aliphatic heterocycles. The highest BCUT2D eigenvalue weighted by molar-refractivity contribution is 6.55. The third-order valence-corrected chi connectivity index (χ3v) is 4.69. The molecule has 1 heterocycles. The van der Waals surface area contributed by atoms with E-state index in [0.717, 1.165) is 5.69 Å². The maximum Gasteiger partial charge on any atom is 0.226 e. The van der Waals surface area contributed by atoms with Gasteiger partial charge in [0.15, 0.2) is 6.61 Å². The number of hydrogen-bond acceptors (Lipinski definition) is 6. The normalized spacial score (nSPS) is 10.7. The number of halogens is 3. The third kappa shape index (κ3) is 7.73. The molecule has 0 radical (unpaired) electrons. The van der Waals surface area contributed by atoms with E-state index in [9.17, 15) is 0 Å². The molecule has 0 atom stereocenters. The second-order valence-corrected chi connectivity index (χ2v) is 8.45. The first-order chi connectivity index (χ1) is 16.3. The Kier molecular flexibility index (Phi) is 9.27. The Hall–Kier alpha value is -3.13. The summed E-state index contributed by atoms with van der Waals surface area (Å²) in [6.07, 6.45) is 3.09. The van der Waals surface area contributed by atoms with Crippen LogP contribution in [0, 0.1) is 6.92 Å². The molecule has 0 saturated heterocycles. The average molecular weight is 523 g/mol. The van der Waals surface area contributed by atoms with Crippen LogP contribution in [0.1, 0.15) is 11.3 Å². The minimum atomic E-state index is 0.116. The number of nitrogens with zero attached hydrogens (tertiary/aromatic N) is 3. The minimum Gasteiger partial charge on any atom is -0.489 e. The van der Waals surface area contributed by atoms with Gasteiger partial charge in [0.1, 0.15) is 34.1 Å². The molecule has 0 saturated carbocycles. The van der Waals surface area contributed by atoms with E-state index in [-0.39, 0.29) is 17.7 Å². The largest absolute Gasteiger partial charge is 0.489 e. The molecule has 0 fully saturated rings. The summed E-state index contributed by atoms with van der Waals surface area (Å²) >= 11 is 16.8. The monoisotopic (exact) mass is 521 g/mol. The van der Waals surface area contributed by atoms with Crippen LogP contribution < -0.4 is 14.2 Å². The lowest BCUT2D eigenvalue weighted by Gasteiger charge is -2.10. The van der Waals surface area contributed by atoms with Crippen LogP contribution in [0.3, 0.4) is 0 Å². The van der Waals surface area contributed by atoms with Gasteiger partial charge in [-0.15, -0.1) is 0 Å². The van der Waals surface area contributed by atoms with Crippen molar-refractivity contribution >= 4 is 41.0 Å². The van der Waals surface area contributed by atoms with E-state index in [4.69, 9.17) is 53.9 Å². The van der Waals surface area contributed by atoms with Gasteiger partial charge < -0.3 is 19.0 Å². The summed E-state index contributed by atoms with van der Waals surface area (Å²) in [4.78, 5) is 5.08. The first kappa shape index (κ1) is 25.5. The fraction of sp³-hybridized carbons (Fsp3) is 0.167. The summed E-state index contributed by atoms with van der Waals surface area (Å²) in [6.45, 7) is 5.80. The molecule has 0 aliphatic rings. The lowest BCUT2D eigenvalue weighted by atomic mass is 10.2. The van der Waals surface area contributed by atoms with Gasteiger partial charge in [0.05, 0.1) is 22.5 Å². The fourth-order valence-electron chi connectivity index (χ4n) is 2.75. The Morgan fingerprint density at radius 3 is 2.09 bits per heavy atom. The average Bonchev–Trinajstić information content (AvgIpc) is 3.05. The second kappa shape index (κ2) is 12.4. The predicted molar refractivity (Wildman–Crippen MR) is 135 cm³/mol. The molecule has 0 aliphatic carbocycles. The zero-order valence-corrected chi connectivity index (χ0v) is 20.8. The van der Waals surface area contributed by atoms with E-state index in [1.165, 1.54) is 6.21 Å². The van der Waals surface area contributed by atoms with Crippen molar-refractivity contribution in [3.63, 3.8) is 0 Å². The first-order valence-electron chi connectivity index (χ1n) is 10.0. The Morgan fingerprint density at radius 2 is 1.53 bits per heavy atom. The predicted octanol–water partition coefficient (Wildman–Crippen LogP) is 7.11. The number of rotatable bonds is 11. The summed E-state index contributed by atoms with van der Waals surface area (Å²) in [5.74, 6) is 3.10. The van der Waals surface area contributed by atoms with Crippen LogP contribution in [0.2, 0.25) is 0 Å². The molecule has 0 unspecified atom stereocenters. The van der Waals surface area contributed by atoms with Gasteiger partial charge in [-0.2, -0.15) is 5.10 Å². The topological polar surface area (TPSA) is 67.1 Å². The number of oxime groups is 1. The second-order valence-electron chi connectivity index (χ2n) is 6.90. The van der Waals surface area contributed by atoms with Crippen LogP contribution >= 0.6 is 34.8 Å². The van der Waals surface area contributed by atoms with Crippen molar-refractivity contribution in [3.05, 3.63) is 82.0 Å². The van der Waals surface area contributed by atoms with E-state index < -0.39 is 0 Å². The van der Waals surface area contributed by atoms with Crippen molar-refractivity contribution in [1.82, 2.24) is 9.78 Å². The van der Waals surface area contributed by atoms with Gasteiger partial charge in [-0.25, -0.2) is 4.68 Å². The molecule has 10 heteroatoms. The Bertz CT molecular complexity index is 1170. The van der Waals surface area contributed by atoms with Crippen LogP contribution in [0.4, 0.5) is 0 Å². The lowest BCUT2D eigenvalue weighted by Crippen LogP contribution is -1.97. The molecule has 7 nitrogen and oxygen atoms in total. The summed E-state index contributed by atoms with van der Waals surface area (Å²) in [5, 5.41) is 8.64. The van der Waals surface area contributed by atoms with Crippen LogP contribution in [-0.2, 0) is 11.9 Å². The summed E-state index contributed by atoms with van der Waals surface area (Å²) in [6, 6.07) is 14.4. The highest BCUT2D eigenvalue weighted by atomic mass is 35.5. The Morgan fingerprint density at radius 1 is 0.971 bits per heavy atom. The standard InChI is InChI=1S/C24H22Cl3N3O4/c1-16(25)15-32-28-14-22-17(2)29-30(3)24(22)34-21-10-8-20(9-11-21)33-19-6-4-18(5-7-19)31-13-12-23(26)27/h4-12,14H,1,13,15H2,2-3H3. The number of benzene rings is 2. The lowest BCUT2D eigenvalue weighted by molar-refractivity contribution is 0.174. The van der Waals surface area contributed by atoms with Crippen molar-refractivity contribution in [2.24, 2.45) is 12.2 Å². The van der Waals surface area contributed by atoms with Crippen molar-refractivity contribution < 1.29 is 19.0 Å². The smallest absolute Gasteiger partial charge is 0.226 e. The van der Waals surface area contributed by atoms with Gasteiger partial charge in [0.25, 0.3) is 0 Å². The molecule has 34 heavy (non-hydrogen) atoms. The maximum absolute atomic E-state index is 6.03. The highest BCUT2D eigenvalue weighted by Crippen LogP contribution is 2.29. The molecule has 3 rings (SSSR count). The molecule has 3 aromatic rings. The van der Waals surface area contributed by atoms with Crippen molar-refractivity contribution in [2.75, 3.05) is 13.2 Å². The maximum atomic E-state index is 6.03. The van der Waals surface area contributed by atoms with E-state index in [2.05, 4.69) is 16.8 Å².